The minimum Gasteiger partial charge on any atom is -0.491 e. The van der Waals surface area contributed by atoms with Gasteiger partial charge in [0.15, 0.2) is 5.82 Å². The van der Waals surface area contributed by atoms with E-state index < -0.39 is 17.8 Å². The van der Waals surface area contributed by atoms with Crippen LogP contribution >= 0.6 is 0 Å². The Labute approximate surface area is 172 Å². The summed E-state index contributed by atoms with van der Waals surface area (Å²) in [5.41, 5.74) is 0.885. The standard InChI is InChI=1S/C21H20FN3O5/c1-14(2)30-18-11-16(10-17(12-18)29-13-15-6-4-3-5-7-15)20(26)25(22)19-8-9-24(23-19)21(27)28/h3-12,14H,13H2,1-2H3,(H,27,28). The lowest BCUT2D eigenvalue weighted by molar-refractivity contribution is 0.0928. The molecular formula is C21H20FN3O5. The van der Waals surface area contributed by atoms with E-state index in [0.29, 0.717) is 16.2 Å². The van der Waals surface area contributed by atoms with Crippen molar-refractivity contribution in [3.63, 3.8) is 0 Å². The SMILES string of the molecule is CC(C)Oc1cc(OCc2ccccc2)cc(C(=O)N(F)c2ccn(C(=O)O)n2)c1. The monoisotopic (exact) mass is 413 g/mol. The van der Waals surface area contributed by atoms with Gasteiger partial charge in [0.05, 0.1) is 6.10 Å². The molecule has 0 saturated carbocycles. The molecular weight excluding hydrogens is 393 g/mol. The summed E-state index contributed by atoms with van der Waals surface area (Å²) in [4.78, 5) is 23.5. The number of hydrogen-bond acceptors (Lipinski definition) is 5. The Bertz CT molecular complexity index is 1040. The first kappa shape index (κ1) is 20.8. The van der Waals surface area contributed by atoms with Gasteiger partial charge in [-0.15, -0.1) is 10.2 Å². The molecule has 0 spiro atoms. The van der Waals surface area contributed by atoms with Gasteiger partial charge in [-0.1, -0.05) is 34.8 Å². The van der Waals surface area contributed by atoms with E-state index in [1.807, 2.05) is 44.2 Å². The van der Waals surface area contributed by atoms with Gasteiger partial charge in [0.1, 0.15) is 18.1 Å². The Morgan fingerprint density at radius 3 is 2.47 bits per heavy atom. The van der Waals surface area contributed by atoms with Crippen LogP contribution in [0.15, 0.2) is 60.8 Å². The molecule has 0 unspecified atom stereocenters. The van der Waals surface area contributed by atoms with Gasteiger partial charge in [-0.2, -0.15) is 4.68 Å². The topological polar surface area (TPSA) is 93.9 Å². The van der Waals surface area contributed by atoms with Crippen LogP contribution in [0.4, 0.5) is 15.1 Å². The Morgan fingerprint density at radius 2 is 1.83 bits per heavy atom. The molecule has 0 saturated heterocycles. The molecule has 30 heavy (non-hydrogen) atoms. The average Bonchev–Trinajstić information content (AvgIpc) is 3.22. The molecule has 0 atom stereocenters. The summed E-state index contributed by atoms with van der Waals surface area (Å²) in [6, 6.07) is 14.9. The zero-order chi connectivity index (χ0) is 21.7. The third-order valence-corrected chi connectivity index (χ3v) is 3.90. The van der Waals surface area contributed by atoms with Crippen molar-refractivity contribution in [3.05, 3.63) is 71.9 Å². The third kappa shape index (κ3) is 5.13. The molecule has 1 N–H and O–H groups in total. The van der Waals surface area contributed by atoms with Crippen LogP contribution in [0.2, 0.25) is 0 Å². The number of nitrogens with zero attached hydrogens (tertiary/aromatic N) is 3. The van der Waals surface area contributed by atoms with E-state index >= 15 is 0 Å². The number of carbonyl (C=O) groups excluding carboxylic acids is 1. The first-order chi connectivity index (χ1) is 14.3. The van der Waals surface area contributed by atoms with Crippen molar-refractivity contribution >= 4 is 17.8 Å². The van der Waals surface area contributed by atoms with Crippen molar-refractivity contribution in [3.8, 4) is 11.5 Å². The fourth-order valence-electron chi connectivity index (χ4n) is 2.60. The van der Waals surface area contributed by atoms with E-state index in [0.717, 1.165) is 17.8 Å². The van der Waals surface area contributed by atoms with E-state index in [4.69, 9.17) is 14.6 Å². The number of benzene rings is 2. The second-order valence-electron chi connectivity index (χ2n) is 6.62. The highest BCUT2D eigenvalue weighted by atomic mass is 19.2. The molecule has 0 aliphatic carbocycles. The van der Waals surface area contributed by atoms with Gasteiger partial charge >= 0.3 is 6.09 Å². The van der Waals surface area contributed by atoms with Gasteiger partial charge in [0, 0.05) is 23.9 Å². The van der Waals surface area contributed by atoms with Crippen LogP contribution in [0, 0.1) is 0 Å². The van der Waals surface area contributed by atoms with Crippen molar-refractivity contribution in [2.75, 3.05) is 5.12 Å². The van der Waals surface area contributed by atoms with Crippen molar-refractivity contribution in [1.29, 1.82) is 0 Å². The third-order valence-electron chi connectivity index (χ3n) is 3.90. The molecule has 1 amide bonds. The molecule has 156 valence electrons. The minimum atomic E-state index is -1.40. The van der Waals surface area contributed by atoms with Crippen molar-refractivity contribution < 1.29 is 28.7 Å². The van der Waals surface area contributed by atoms with Crippen molar-refractivity contribution in [2.24, 2.45) is 0 Å². The van der Waals surface area contributed by atoms with Gasteiger partial charge < -0.3 is 14.6 Å². The summed E-state index contributed by atoms with van der Waals surface area (Å²) in [5.74, 6) is -0.832. The maximum absolute atomic E-state index is 14.6. The number of hydrogen-bond donors (Lipinski definition) is 1. The number of amides is 1. The summed E-state index contributed by atoms with van der Waals surface area (Å²) in [6.45, 7) is 3.89. The van der Waals surface area contributed by atoms with Crippen LogP contribution in [-0.2, 0) is 6.61 Å². The number of carboxylic acid groups (broad SMARTS) is 1. The second-order valence-corrected chi connectivity index (χ2v) is 6.62. The van der Waals surface area contributed by atoms with E-state index in [1.54, 1.807) is 6.07 Å². The summed E-state index contributed by atoms with van der Waals surface area (Å²) < 4.78 is 26.5. The lowest BCUT2D eigenvalue weighted by Crippen LogP contribution is -2.23. The molecule has 8 nitrogen and oxygen atoms in total. The van der Waals surface area contributed by atoms with E-state index in [9.17, 15) is 14.1 Å². The fourth-order valence-corrected chi connectivity index (χ4v) is 2.60. The molecule has 2 aromatic carbocycles. The lowest BCUT2D eigenvalue weighted by Gasteiger charge is -2.15. The Hall–Kier alpha value is -3.88. The molecule has 0 aliphatic heterocycles. The second kappa shape index (κ2) is 9.08. The number of ether oxygens (including phenoxy) is 2. The average molecular weight is 413 g/mol. The van der Waals surface area contributed by atoms with Gasteiger partial charge in [-0.25, -0.2) is 4.79 Å². The largest absolute Gasteiger partial charge is 0.491 e. The maximum atomic E-state index is 14.6. The Morgan fingerprint density at radius 1 is 1.13 bits per heavy atom. The summed E-state index contributed by atoms with van der Waals surface area (Å²) in [6.07, 6.45) is -0.541. The normalized spacial score (nSPS) is 10.7. The van der Waals surface area contributed by atoms with E-state index in [-0.39, 0.29) is 23.4 Å². The summed E-state index contributed by atoms with van der Waals surface area (Å²) in [7, 11) is 0. The molecule has 1 heterocycles. The molecule has 9 heteroatoms. The van der Waals surface area contributed by atoms with Crippen LogP contribution in [0.5, 0.6) is 11.5 Å². The molecule has 1 aromatic heterocycles. The Balaban J connectivity index is 1.85. The van der Waals surface area contributed by atoms with Crippen LogP contribution in [0.25, 0.3) is 0 Å². The number of rotatable bonds is 7. The number of aromatic nitrogens is 2. The highest BCUT2D eigenvalue weighted by molar-refractivity contribution is 6.04. The van der Waals surface area contributed by atoms with Crippen LogP contribution in [0.3, 0.4) is 0 Å². The first-order valence-electron chi connectivity index (χ1n) is 9.11. The van der Waals surface area contributed by atoms with E-state index in [1.165, 1.54) is 12.1 Å². The maximum Gasteiger partial charge on any atom is 0.432 e. The summed E-state index contributed by atoms with van der Waals surface area (Å²) >= 11 is 0. The molecule has 0 aliphatic rings. The fraction of sp³-hybridized carbons (Fsp3) is 0.190. The summed E-state index contributed by atoms with van der Waals surface area (Å²) in [5, 5.41) is 12.2. The van der Waals surface area contributed by atoms with Crippen LogP contribution in [0.1, 0.15) is 29.8 Å². The van der Waals surface area contributed by atoms with E-state index in [2.05, 4.69) is 5.10 Å². The van der Waals surface area contributed by atoms with Crippen molar-refractivity contribution in [1.82, 2.24) is 9.78 Å². The quantitative estimate of drug-likeness (QED) is 0.580. The number of halogens is 1. The molecule has 0 bridgehead atoms. The van der Waals surface area contributed by atoms with Gasteiger partial charge in [0.2, 0.25) is 0 Å². The predicted molar refractivity (Wildman–Crippen MR) is 107 cm³/mol. The van der Waals surface area contributed by atoms with Gasteiger partial charge in [0.25, 0.3) is 5.91 Å². The van der Waals surface area contributed by atoms with Crippen LogP contribution in [-0.4, -0.2) is 33.0 Å². The highest BCUT2D eigenvalue weighted by Crippen LogP contribution is 2.27. The minimum absolute atomic E-state index is 0.0383. The van der Waals surface area contributed by atoms with Gasteiger partial charge in [-0.05, 0) is 31.5 Å². The molecule has 3 aromatic rings. The molecule has 3 rings (SSSR count). The lowest BCUT2D eigenvalue weighted by atomic mass is 10.1. The number of anilines is 1. The zero-order valence-corrected chi connectivity index (χ0v) is 16.4. The smallest absolute Gasteiger partial charge is 0.432 e. The van der Waals surface area contributed by atoms with Crippen molar-refractivity contribution in [2.45, 2.75) is 26.6 Å². The zero-order valence-electron chi connectivity index (χ0n) is 16.4. The van der Waals surface area contributed by atoms with Gasteiger partial charge in [-0.3, -0.25) is 4.79 Å². The molecule has 0 radical (unpaired) electrons. The molecule has 0 fully saturated rings. The highest BCUT2D eigenvalue weighted by Gasteiger charge is 2.22. The predicted octanol–water partition coefficient (Wildman–Crippen LogP) is 4.31. The number of carbonyl (C=O) groups is 2. The first-order valence-corrected chi connectivity index (χ1v) is 9.11. The van der Waals surface area contributed by atoms with Crippen LogP contribution < -0.4 is 14.6 Å². The Kier molecular flexibility index (Phi) is 6.31.